The average Bonchev–Trinajstić information content (AvgIpc) is 2.90. The standard InChI is InChI=1S/C22H26FN3O2.ClH/c1-13-14(2)25-20-18(13)11-12-24-19(20)15(3)26(21(27)28-22(4,5)6)17-9-7-16(23)8-10-17;/h7-12,15,25H,1-6H3;1H. The van der Waals surface area contributed by atoms with Crippen LogP contribution >= 0.6 is 12.4 Å². The van der Waals surface area contributed by atoms with E-state index in [1.54, 1.807) is 18.3 Å². The third-order valence-electron chi connectivity index (χ3n) is 4.74. The predicted molar refractivity (Wildman–Crippen MR) is 116 cm³/mol. The van der Waals surface area contributed by atoms with Crippen LogP contribution in [0.4, 0.5) is 14.9 Å². The number of ether oxygens (including phenoxy) is 1. The molecule has 29 heavy (non-hydrogen) atoms. The number of H-pyrrole nitrogens is 1. The van der Waals surface area contributed by atoms with Gasteiger partial charge in [0.1, 0.15) is 11.4 Å². The normalized spacial score (nSPS) is 12.4. The highest BCUT2D eigenvalue weighted by Crippen LogP contribution is 2.33. The molecule has 2 heterocycles. The summed E-state index contributed by atoms with van der Waals surface area (Å²) in [5.41, 5.74) is 3.71. The monoisotopic (exact) mass is 419 g/mol. The average molecular weight is 420 g/mol. The molecule has 0 saturated heterocycles. The molecule has 0 fully saturated rings. The minimum Gasteiger partial charge on any atom is -0.443 e. The molecule has 0 saturated carbocycles. The van der Waals surface area contributed by atoms with E-state index in [0.717, 1.165) is 27.9 Å². The number of halogens is 2. The molecule has 2 aromatic heterocycles. The number of carbonyl (C=O) groups is 1. The Labute approximate surface area is 176 Å². The van der Waals surface area contributed by atoms with Crippen LogP contribution in [0.3, 0.4) is 0 Å². The molecular formula is C22H27ClFN3O2. The van der Waals surface area contributed by atoms with Gasteiger partial charge in [0.05, 0.1) is 17.3 Å². The number of nitrogens with one attached hydrogen (secondary N) is 1. The zero-order chi connectivity index (χ0) is 20.6. The lowest BCUT2D eigenvalue weighted by molar-refractivity contribution is 0.0567. The van der Waals surface area contributed by atoms with E-state index in [0.29, 0.717) is 5.69 Å². The number of nitrogens with zero attached hydrogens (tertiary/aromatic N) is 2. The lowest BCUT2D eigenvalue weighted by atomic mass is 10.1. The van der Waals surface area contributed by atoms with Gasteiger partial charge in [-0.25, -0.2) is 9.18 Å². The summed E-state index contributed by atoms with van der Waals surface area (Å²) < 4.78 is 19.1. The van der Waals surface area contributed by atoms with Crippen molar-refractivity contribution in [2.45, 2.75) is 53.2 Å². The molecule has 3 rings (SSSR count). The van der Waals surface area contributed by atoms with Crippen LogP contribution in [0.25, 0.3) is 10.9 Å². The maximum absolute atomic E-state index is 13.4. The fourth-order valence-corrected chi connectivity index (χ4v) is 3.24. The number of pyridine rings is 1. The first-order valence-electron chi connectivity index (χ1n) is 9.30. The Kier molecular flexibility index (Phi) is 6.58. The molecule has 1 aromatic carbocycles. The zero-order valence-electron chi connectivity index (χ0n) is 17.5. The third-order valence-corrected chi connectivity index (χ3v) is 4.74. The Morgan fingerprint density at radius 1 is 1.17 bits per heavy atom. The smallest absolute Gasteiger partial charge is 0.415 e. The number of aromatic amines is 1. The second-order valence-electron chi connectivity index (χ2n) is 8.00. The minimum absolute atomic E-state index is 0. The second kappa shape index (κ2) is 8.41. The van der Waals surface area contributed by atoms with E-state index >= 15 is 0 Å². The lowest BCUT2D eigenvalue weighted by Crippen LogP contribution is -2.39. The number of carbonyl (C=O) groups excluding carboxylic acids is 1. The van der Waals surface area contributed by atoms with Gasteiger partial charge in [0.15, 0.2) is 0 Å². The summed E-state index contributed by atoms with van der Waals surface area (Å²) in [4.78, 5) is 22.5. The number of hydrogen-bond donors (Lipinski definition) is 1. The molecule has 7 heteroatoms. The molecule has 1 amide bonds. The van der Waals surface area contributed by atoms with E-state index in [9.17, 15) is 9.18 Å². The summed E-state index contributed by atoms with van der Waals surface area (Å²) >= 11 is 0. The summed E-state index contributed by atoms with van der Waals surface area (Å²) in [6, 6.07) is 7.33. The topological polar surface area (TPSA) is 58.2 Å². The number of benzene rings is 1. The number of aryl methyl sites for hydroxylation is 2. The number of aromatic nitrogens is 2. The summed E-state index contributed by atoms with van der Waals surface area (Å²) in [6.45, 7) is 11.4. The van der Waals surface area contributed by atoms with Crippen LogP contribution < -0.4 is 4.90 Å². The Hall–Kier alpha value is -2.60. The fourth-order valence-electron chi connectivity index (χ4n) is 3.24. The molecule has 0 spiro atoms. The maximum atomic E-state index is 13.4. The van der Waals surface area contributed by atoms with Crippen molar-refractivity contribution in [2.24, 2.45) is 0 Å². The van der Waals surface area contributed by atoms with E-state index in [2.05, 4.69) is 9.97 Å². The Morgan fingerprint density at radius 2 is 1.79 bits per heavy atom. The molecular weight excluding hydrogens is 393 g/mol. The van der Waals surface area contributed by atoms with Crippen molar-refractivity contribution in [1.29, 1.82) is 0 Å². The molecule has 1 unspecified atom stereocenters. The van der Waals surface area contributed by atoms with Gasteiger partial charge in [-0.2, -0.15) is 0 Å². The number of amides is 1. The van der Waals surface area contributed by atoms with Crippen molar-refractivity contribution in [3.8, 4) is 0 Å². The predicted octanol–water partition coefficient (Wildman–Crippen LogP) is 6.24. The molecule has 0 bridgehead atoms. The lowest BCUT2D eigenvalue weighted by Gasteiger charge is -2.31. The first-order valence-corrected chi connectivity index (χ1v) is 9.30. The van der Waals surface area contributed by atoms with Gasteiger partial charge in [-0.15, -0.1) is 12.4 Å². The minimum atomic E-state index is -0.659. The van der Waals surface area contributed by atoms with E-state index in [4.69, 9.17) is 4.74 Å². The van der Waals surface area contributed by atoms with E-state index in [-0.39, 0.29) is 18.2 Å². The Morgan fingerprint density at radius 3 is 2.38 bits per heavy atom. The van der Waals surface area contributed by atoms with Crippen LogP contribution in [-0.4, -0.2) is 21.7 Å². The van der Waals surface area contributed by atoms with Gasteiger partial charge in [-0.1, -0.05) is 0 Å². The van der Waals surface area contributed by atoms with Crippen LogP contribution in [0.5, 0.6) is 0 Å². The Bertz CT molecular complexity index is 1010. The molecule has 0 aliphatic heterocycles. The third kappa shape index (κ3) is 4.70. The molecule has 156 valence electrons. The van der Waals surface area contributed by atoms with Gasteiger partial charge in [-0.05, 0) is 77.4 Å². The van der Waals surface area contributed by atoms with E-state index in [1.807, 2.05) is 47.6 Å². The van der Waals surface area contributed by atoms with Crippen molar-refractivity contribution in [2.75, 3.05) is 4.90 Å². The van der Waals surface area contributed by atoms with Crippen LogP contribution in [0.15, 0.2) is 36.5 Å². The van der Waals surface area contributed by atoms with Gasteiger partial charge in [0, 0.05) is 23.0 Å². The summed E-state index contributed by atoms with van der Waals surface area (Å²) in [5, 5.41) is 1.07. The molecule has 0 aliphatic rings. The second-order valence-corrected chi connectivity index (χ2v) is 8.00. The molecule has 1 N–H and O–H groups in total. The van der Waals surface area contributed by atoms with Crippen LogP contribution in [0.2, 0.25) is 0 Å². The quantitative estimate of drug-likeness (QED) is 0.546. The highest BCUT2D eigenvalue weighted by Gasteiger charge is 2.30. The van der Waals surface area contributed by atoms with Gasteiger partial charge in [0.25, 0.3) is 0 Å². The van der Waals surface area contributed by atoms with Crippen LogP contribution in [-0.2, 0) is 4.74 Å². The largest absolute Gasteiger partial charge is 0.443 e. The number of fused-ring (bicyclic) bond motifs is 1. The molecule has 3 aromatic rings. The van der Waals surface area contributed by atoms with Crippen molar-refractivity contribution in [3.05, 3.63) is 59.3 Å². The molecule has 5 nitrogen and oxygen atoms in total. The van der Waals surface area contributed by atoms with Crippen molar-refractivity contribution in [3.63, 3.8) is 0 Å². The van der Waals surface area contributed by atoms with Gasteiger partial charge in [0.2, 0.25) is 0 Å². The van der Waals surface area contributed by atoms with Crippen LogP contribution in [0.1, 0.15) is 50.7 Å². The number of anilines is 1. The maximum Gasteiger partial charge on any atom is 0.415 e. The van der Waals surface area contributed by atoms with E-state index < -0.39 is 17.7 Å². The SMILES string of the molecule is Cc1[nH]c2c(C(C)N(C(=O)OC(C)(C)C)c3ccc(F)cc3)nccc2c1C.Cl. The molecule has 0 aliphatic carbocycles. The number of hydrogen-bond acceptors (Lipinski definition) is 3. The number of rotatable bonds is 3. The highest BCUT2D eigenvalue weighted by molar-refractivity contribution is 5.91. The summed E-state index contributed by atoms with van der Waals surface area (Å²) in [6.07, 6.45) is 1.23. The van der Waals surface area contributed by atoms with E-state index in [1.165, 1.54) is 17.0 Å². The van der Waals surface area contributed by atoms with Crippen LogP contribution in [0, 0.1) is 19.7 Å². The van der Waals surface area contributed by atoms with Gasteiger partial charge in [-0.3, -0.25) is 9.88 Å². The summed E-state index contributed by atoms with van der Waals surface area (Å²) in [5.74, 6) is -0.364. The van der Waals surface area contributed by atoms with Crippen molar-refractivity contribution in [1.82, 2.24) is 9.97 Å². The molecule has 1 atom stereocenters. The first kappa shape index (κ1) is 22.7. The highest BCUT2D eigenvalue weighted by atomic mass is 35.5. The zero-order valence-corrected chi connectivity index (χ0v) is 18.4. The van der Waals surface area contributed by atoms with Crippen molar-refractivity contribution >= 4 is 35.1 Å². The fraction of sp³-hybridized carbons (Fsp3) is 0.364. The Balaban J connectivity index is 0.00000300. The first-order chi connectivity index (χ1) is 13.1. The van der Waals surface area contributed by atoms with Gasteiger partial charge >= 0.3 is 6.09 Å². The van der Waals surface area contributed by atoms with Crippen molar-refractivity contribution < 1.29 is 13.9 Å². The van der Waals surface area contributed by atoms with Gasteiger partial charge < -0.3 is 9.72 Å². The molecule has 0 radical (unpaired) electrons. The summed E-state index contributed by atoms with van der Waals surface area (Å²) in [7, 11) is 0.